The van der Waals surface area contributed by atoms with Gasteiger partial charge in [0.05, 0.1) is 24.5 Å². The number of fused-ring (bicyclic) bond motifs is 1. The third-order valence-electron chi connectivity index (χ3n) is 4.80. The number of furan rings is 1. The molecule has 6 nitrogen and oxygen atoms in total. The molecule has 1 aliphatic carbocycles. The van der Waals surface area contributed by atoms with Crippen LogP contribution in [0.4, 0.5) is 10.1 Å². The Kier molecular flexibility index (Phi) is 4.81. The summed E-state index contributed by atoms with van der Waals surface area (Å²) < 4.78 is 30.7. The van der Waals surface area contributed by atoms with Crippen molar-refractivity contribution >= 4 is 33.5 Å². The van der Waals surface area contributed by atoms with Crippen LogP contribution in [0.25, 0.3) is 11.0 Å². The van der Waals surface area contributed by atoms with Crippen LogP contribution < -0.4 is 5.32 Å². The van der Waals surface area contributed by atoms with E-state index in [1.54, 1.807) is 13.0 Å². The van der Waals surface area contributed by atoms with E-state index < -0.39 is 17.9 Å². The van der Waals surface area contributed by atoms with Crippen molar-refractivity contribution in [2.24, 2.45) is 0 Å². The number of carbonyl (C=O) groups excluding carboxylic acids is 1. The number of rotatable bonds is 4. The summed E-state index contributed by atoms with van der Waals surface area (Å²) in [6.45, 7) is 2.36. The molecule has 0 radical (unpaired) electrons. The highest BCUT2D eigenvalue weighted by atomic mass is 32.2. The number of anilines is 1. The van der Waals surface area contributed by atoms with Crippen molar-refractivity contribution in [3.63, 3.8) is 0 Å². The van der Waals surface area contributed by atoms with Crippen molar-refractivity contribution in [2.75, 3.05) is 18.5 Å². The van der Waals surface area contributed by atoms with Gasteiger partial charge in [-0.2, -0.15) is 4.39 Å². The van der Waals surface area contributed by atoms with Gasteiger partial charge in [-0.25, -0.2) is 0 Å². The second-order valence-corrected chi connectivity index (χ2v) is 7.97. The third kappa shape index (κ3) is 3.17. The summed E-state index contributed by atoms with van der Waals surface area (Å²) in [5.74, 6) is -1.35. The normalized spacial score (nSPS) is 23.8. The average molecular weight is 381 g/mol. The molecule has 2 heterocycles. The quantitative estimate of drug-likeness (QED) is 0.830. The summed E-state index contributed by atoms with van der Waals surface area (Å²) >= 11 is 1.34. The van der Waals surface area contributed by atoms with E-state index in [4.69, 9.17) is 13.9 Å². The molecule has 0 unspecified atom stereocenters. The van der Waals surface area contributed by atoms with Crippen LogP contribution in [0, 0.1) is 5.82 Å². The van der Waals surface area contributed by atoms with Gasteiger partial charge in [0.1, 0.15) is 6.26 Å². The molecule has 1 saturated heterocycles. The molecule has 1 saturated carbocycles. The van der Waals surface area contributed by atoms with E-state index in [1.165, 1.54) is 18.0 Å². The predicted molar refractivity (Wildman–Crippen MR) is 95.8 cm³/mol. The molecule has 140 valence electrons. The van der Waals surface area contributed by atoms with Crippen molar-refractivity contribution in [1.82, 2.24) is 0 Å². The molecular formula is C18H20FNO5S. The van der Waals surface area contributed by atoms with E-state index in [0.29, 0.717) is 24.3 Å². The summed E-state index contributed by atoms with van der Waals surface area (Å²) in [4.78, 5) is 11.4. The van der Waals surface area contributed by atoms with Crippen LogP contribution in [0.15, 0.2) is 16.7 Å². The first-order chi connectivity index (χ1) is 12.5. The lowest BCUT2D eigenvalue weighted by Gasteiger charge is -2.20. The Morgan fingerprint density at radius 2 is 2.12 bits per heavy atom. The Morgan fingerprint density at radius 1 is 1.35 bits per heavy atom. The minimum Gasteiger partial charge on any atom is -0.504 e. The maximum Gasteiger partial charge on any atom is 0.208 e. The lowest BCUT2D eigenvalue weighted by atomic mass is 10.1. The zero-order valence-corrected chi connectivity index (χ0v) is 15.1. The molecule has 0 bridgehead atoms. The fourth-order valence-corrected chi connectivity index (χ4v) is 4.69. The number of nitrogens with one attached hydrogen (secondary N) is 1. The van der Waals surface area contributed by atoms with E-state index in [0.717, 1.165) is 19.3 Å². The van der Waals surface area contributed by atoms with Crippen LogP contribution >= 0.6 is 11.8 Å². The van der Waals surface area contributed by atoms with Gasteiger partial charge in [0.25, 0.3) is 0 Å². The number of phenolic OH excluding ortho intramolecular Hbond substituents is 1. The second-order valence-electron chi connectivity index (χ2n) is 6.56. The first kappa shape index (κ1) is 17.6. The standard InChI is InChI=1S/C18H20FNO5S/c1-9(21)26-14-4-2-3-12(14)20-13-8-25-17-10(13)7-11(16(22)15(17)19)18-23-5-6-24-18/h7-8,12,14,18,20,22H,2-6H2,1H3/t12-,14+/m0/s1. The number of thioether (sulfide) groups is 1. The van der Waals surface area contributed by atoms with Crippen LogP contribution in [-0.2, 0) is 14.3 Å². The maximum atomic E-state index is 14.6. The number of benzene rings is 1. The van der Waals surface area contributed by atoms with Gasteiger partial charge in [0, 0.05) is 23.6 Å². The van der Waals surface area contributed by atoms with Crippen LogP contribution in [0.5, 0.6) is 5.75 Å². The van der Waals surface area contributed by atoms with Gasteiger partial charge in [0.2, 0.25) is 5.82 Å². The minimum absolute atomic E-state index is 0.0134. The Labute approximate surface area is 154 Å². The Hall–Kier alpha value is -1.77. The summed E-state index contributed by atoms with van der Waals surface area (Å²) in [6, 6.07) is 1.74. The van der Waals surface area contributed by atoms with Crippen LogP contribution in [0.2, 0.25) is 0 Å². The van der Waals surface area contributed by atoms with Crippen LogP contribution in [-0.4, -0.2) is 34.7 Å². The van der Waals surface area contributed by atoms with Gasteiger partial charge in [0.15, 0.2) is 22.7 Å². The first-order valence-corrected chi connectivity index (χ1v) is 9.52. The number of hydrogen-bond acceptors (Lipinski definition) is 7. The van der Waals surface area contributed by atoms with E-state index in [1.807, 2.05) is 0 Å². The lowest BCUT2D eigenvalue weighted by Crippen LogP contribution is -2.26. The molecule has 2 aliphatic rings. The molecule has 0 amide bonds. The largest absolute Gasteiger partial charge is 0.504 e. The molecule has 1 aromatic heterocycles. The Morgan fingerprint density at radius 3 is 2.85 bits per heavy atom. The van der Waals surface area contributed by atoms with E-state index in [-0.39, 0.29) is 27.6 Å². The molecule has 26 heavy (non-hydrogen) atoms. The lowest BCUT2D eigenvalue weighted by molar-refractivity contribution is -0.109. The predicted octanol–water partition coefficient (Wildman–Crippen LogP) is 3.94. The number of phenols is 1. The molecule has 4 rings (SSSR count). The summed E-state index contributed by atoms with van der Waals surface area (Å²) in [7, 11) is 0. The van der Waals surface area contributed by atoms with Gasteiger partial charge >= 0.3 is 0 Å². The second kappa shape index (κ2) is 7.09. The molecule has 8 heteroatoms. The highest BCUT2D eigenvalue weighted by Crippen LogP contribution is 2.41. The fourth-order valence-electron chi connectivity index (χ4n) is 3.61. The van der Waals surface area contributed by atoms with Crippen molar-refractivity contribution in [3.05, 3.63) is 23.7 Å². The number of aromatic hydroxyl groups is 1. The van der Waals surface area contributed by atoms with Crippen molar-refractivity contribution in [1.29, 1.82) is 0 Å². The van der Waals surface area contributed by atoms with Gasteiger partial charge in [-0.3, -0.25) is 4.79 Å². The average Bonchev–Trinajstić information content (AvgIpc) is 3.33. The van der Waals surface area contributed by atoms with Crippen molar-refractivity contribution in [2.45, 2.75) is 43.8 Å². The molecule has 0 spiro atoms. The van der Waals surface area contributed by atoms with E-state index >= 15 is 0 Å². The number of halogens is 1. The molecule has 2 atom stereocenters. The zero-order chi connectivity index (χ0) is 18.3. The van der Waals surface area contributed by atoms with Crippen LogP contribution in [0.3, 0.4) is 0 Å². The highest BCUT2D eigenvalue weighted by Gasteiger charge is 2.31. The number of carbonyl (C=O) groups is 1. The molecule has 2 fully saturated rings. The van der Waals surface area contributed by atoms with Crippen molar-refractivity contribution < 1.29 is 28.2 Å². The molecule has 2 N–H and O–H groups in total. The molecular weight excluding hydrogens is 361 g/mol. The van der Waals surface area contributed by atoms with Gasteiger partial charge in [-0.05, 0) is 18.9 Å². The Bertz CT molecular complexity index is 833. The SMILES string of the molecule is CC(=O)S[C@@H]1CCC[C@@H]1Nc1coc2c(F)c(O)c(C3OCCO3)cc12. The minimum atomic E-state index is -0.828. The molecule has 2 aromatic rings. The third-order valence-corrected chi connectivity index (χ3v) is 6.00. The molecule has 1 aliphatic heterocycles. The monoisotopic (exact) mass is 381 g/mol. The van der Waals surface area contributed by atoms with E-state index in [9.17, 15) is 14.3 Å². The fraction of sp³-hybridized carbons (Fsp3) is 0.500. The maximum absolute atomic E-state index is 14.6. The summed E-state index contributed by atoms with van der Waals surface area (Å²) in [6.07, 6.45) is 3.58. The van der Waals surface area contributed by atoms with Gasteiger partial charge in [-0.15, -0.1) is 0 Å². The van der Waals surface area contributed by atoms with Gasteiger partial charge in [-0.1, -0.05) is 18.2 Å². The topological polar surface area (TPSA) is 80.9 Å². The summed E-state index contributed by atoms with van der Waals surface area (Å²) in [5, 5.41) is 14.3. The zero-order valence-electron chi connectivity index (χ0n) is 14.3. The van der Waals surface area contributed by atoms with E-state index in [2.05, 4.69) is 5.32 Å². The Balaban J connectivity index is 1.66. The smallest absolute Gasteiger partial charge is 0.208 e. The first-order valence-electron chi connectivity index (χ1n) is 8.64. The number of ether oxygens (including phenoxy) is 2. The highest BCUT2D eigenvalue weighted by molar-refractivity contribution is 8.14. The number of hydrogen-bond donors (Lipinski definition) is 2. The molecule has 1 aromatic carbocycles. The van der Waals surface area contributed by atoms with Gasteiger partial charge < -0.3 is 24.3 Å². The van der Waals surface area contributed by atoms with Crippen molar-refractivity contribution in [3.8, 4) is 5.75 Å². The summed E-state index contributed by atoms with van der Waals surface area (Å²) in [5.41, 5.74) is 0.873. The van der Waals surface area contributed by atoms with Crippen LogP contribution in [0.1, 0.15) is 38.0 Å².